The van der Waals surface area contributed by atoms with Crippen molar-refractivity contribution in [2.24, 2.45) is 5.92 Å². The Bertz CT molecular complexity index is 480. The van der Waals surface area contributed by atoms with Gasteiger partial charge in [-0.25, -0.2) is 0 Å². The van der Waals surface area contributed by atoms with Crippen LogP contribution in [0.15, 0.2) is 22.7 Å². The summed E-state index contributed by atoms with van der Waals surface area (Å²) in [6.07, 6.45) is 7.01. The van der Waals surface area contributed by atoms with Gasteiger partial charge in [0.2, 0.25) is 0 Å². The molecule has 21 heavy (non-hydrogen) atoms. The molecule has 3 unspecified atom stereocenters. The van der Waals surface area contributed by atoms with Gasteiger partial charge in [-0.2, -0.15) is 0 Å². The molecule has 0 bridgehead atoms. The number of aliphatic hydroxyl groups is 1. The van der Waals surface area contributed by atoms with Gasteiger partial charge in [0.25, 0.3) is 0 Å². The van der Waals surface area contributed by atoms with Crippen molar-refractivity contribution in [1.29, 1.82) is 0 Å². The molecule has 116 valence electrons. The smallest absolute Gasteiger partial charge is 0.125 e. The van der Waals surface area contributed by atoms with Crippen LogP contribution in [0.25, 0.3) is 0 Å². The number of hydrogen-bond donors (Lipinski definition) is 2. The predicted molar refractivity (Wildman–Crippen MR) is 87.6 cm³/mol. The Hall–Kier alpha value is -0.580. The number of hydrogen-bond acceptors (Lipinski definition) is 3. The summed E-state index contributed by atoms with van der Waals surface area (Å²) in [5, 5.41) is 13.4. The summed E-state index contributed by atoms with van der Waals surface area (Å²) in [7, 11) is 0. The molecule has 0 radical (unpaired) electrons. The SMILES string of the molecule is OCC1CCCCC1NC1CCCOc2cc(Br)ccc21. The quantitative estimate of drug-likeness (QED) is 0.868. The lowest BCUT2D eigenvalue weighted by Gasteiger charge is -2.34. The van der Waals surface area contributed by atoms with Gasteiger partial charge in [-0.3, -0.25) is 0 Å². The fourth-order valence-corrected chi connectivity index (χ4v) is 3.96. The highest BCUT2D eigenvalue weighted by atomic mass is 79.9. The van der Waals surface area contributed by atoms with E-state index in [0.717, 1.165) is 36.1 Å². The van der Waals surface area contributed by atoms with Crippen LogP contribution < -0.4 is 10.1 Å². The molecule has 0 saturated heterocycles. The average molecular weight is 354 g/mol. The van der Waals surface area contributed by atoms with Gasteiger partial charge in [0.15, 0.2) is 0 Å². The molecule has 0 spiro atoms. The molecule has 3 nitrogen and oxygen atoms in total. The van der Waals surface area contributed by atoms with E-state index in [0.29, 0.717) is 24.6 Å². The molecule has 1 aliphatic heterocycles. The van der Waals surface area contributed by atoms with Crippen molar-refractivity contribution >= 4 is 15.9 Å². The monoisotopic (exact) mass is 353 g/mol. The van der Waals surface area contributed by atoms with Crippen molar-refractivity contribution in [2.45, 2.75) is 50.6 Å². The van der Waals surface area contributed by atoms with E-state index in [2.05, 4.69) is 39.4 Å². The Morgan fingerprint density at radius 1 is 1.19 bits per heavy atom. The van der Waals surface area contributed by atoms with E-state index in [1.165, 1.54) is 24.8 Å². The van der Waals surface area contributed by atoms with E-state index in [4.69, 9.17) is 4.74 Å². The molecule has 0 aromatic heterocycles. The van der Waals surface area contributed by atoms with E-state index < -0.39 is 0 Å². The molecule has 1 heterocycles. The zero-order valence-electron chi connectivity index (χ0n) is 12.4. The first-order chi connectivity index (χ1) is 10.3. The number of nitrogens with one attached hydrogen (secondary N) is 1. The largest absolute Gasteiger partial charge is 0.493 e. The lowest BCUT2D eigenvalue weighted by Crippen LogP contribution is -2.42. The van der Waals surface area contributed by atoms with Gasteiger partial charge in [-0.1, -0.05) is 34.8 Å². The lowest BCUT2D eigenvalue weighted by atomic mass is 9.84. The second-order valence-electron chi connectivity index (χ2n) is 6.23. The molecule has 3 atom stereocenters. The molecule has 1 aromatic carbocycles. The lowest BCUT2D eigenvalue weighted by molar-refractivity contribution is 0.144. The van der Waals surface area contributed by atoms with E-state index in [9.17, 15) is 5.11 Å². The molecule has 1 fully saturated rings. The van der Waals surface area contributed by atoms with Gasteiger partial charge in [-0.05, 0) is 43.7 Å². The van der Waals surface area contributed by atoms with Crippen molar-refractivity contribution in [2.75, 3.05) is 13.2 Å². The number of halogens is 1. The fourth-order valence-electron chi connectivity index (χ4n) is 3.62. The molecule has 2 N–H and O–H groups in total. The Balaban J connectivity index is 1.78. The maximum Gasteiger partial charge on any atom is 0.125 e. The molecular formula is C17H24BrNO2. The number of aliphatic hydroxyl groups excluding tert-OH is 1. The molecule has 2 aliphatic rings. The minimum absolute atomic E-state index is 0.300. The third-order valence-corrected chi connectivity index (χ3v) is 5.30. The van der Waals surface area contributed by atoms with Crippen LogP contribution in [0.2, 0.25) is 0 Å². The average Bonchev–Trinajstić information content (AvgIpc) is 2.70. The second-order valence-corrected chi connectivity index (χ2v) is 7.14. The molecule has 0 amide bonds. The Morgan fingerprint density at radius 3 is 2.90 bits per heavy atom. The van der Waals surface area contributed by atoms with Crippen LogP contribution in [0.4, 0.5) is 0 Å². The Labute approximate surface area is 135 Å². The fraction of sp³-hybridized carbons (Fsp3) is 0.647. The minimum Gasteiger partial charge on any atom is -0.493 e. The zero-order valence-corrected chi connectivity index (χ0v) is 13.9. The van der Waals surface area contributed by atoms with Gasteiger partial charge < -0.3 is 15.2 Å². The van der Waals surface area contributed by atoms with E-state index in [-0.39, 0.29) is 0 Å². The van der Waals surface area contributed by atoms with Crippen molar-refractivity contribution in [1.82, 2.24) is 5.32 Å². The minimum atomic E-state index is 0.300. The zero-order chi connectivity index (χ0) is 14.7. The molecule has 3 rings (SSSR count). The summed E-state index contributed by atoms with van der Waals surface area (Å²) in [5.74, 6) is 1.40. The van der Waals surface area contributed by atoms with E-state index in [1.807, 2.05) is 0 Å². The summed E-state index contributed by atoms with van der Waals surface area (Å²) in [5.41, 5.74) is 1.26. The van der Waals surface area contributed by atoms with Gasteiger partial charge in [-0.15, -0.1) is 0 Å². The standard InChI is InChI=1S/C17H24BrNO2/c18-13-7-8-14-16(6-3-9-21-17(14)10-13)19-15-5-2-1-4-12(15)11-20/h7-8,10,12,15-16,19-20H,1-6,9,11H2. The van der Waals surface area contributed by atoms with E-state index >= 15 is 0 Å². The number of benzene rings is 1. The third kappa shape index (κ3) is 3.61. The van der Waals surface area contributed by atoms with Crippen LogP contribution in [-0.4, -0.2) is 24.4 Å². The Kier molecular flexibility index (Phi) is 5.19. The van der Waals surface area contributed by atoms with Crippen molar-refractivity contribution < 1.29 is 9.84 Å². The maximum absolute atomic E-state index is 9.61. The summed E-state index contributed by atoms with van der Waals surface area (Å²) in [4.78, 5) is 0. The summed E-state index contributed by atoms with van der Waals surface area (Å²) in [6, 6.07) is 7.10. The van der Waals surface area contributed by atoms with E-state index in [1.54, 1.807) is 0 Å². The first kappa shape index (κ1) is 15.3. The van der Waals surface area contributed by atoms with Gasteiger partial charge >= 0.3 is 0 Å². The van der Waals surface area contributed by atoms with Crippen molar-refractivity contribution in [3.05, 3.63) is 28.2 Å². The van der Waals surface area contributed by atoms with Crippen LogP contribution in [0.3, 0.4) is 0 Å². The van der Waals surface area contributed by atoms with Crippen LogP contribution in [0, 0.1) is 5.92 Å². The molecular weight excluding hydrogens is 330 g/mol. The highest BCUT2D eigenvalue weighted by Gasteiger charge is 2.28. The summed E-state index contributed by atoms with van der Waals surface area (Å²) < 4.78 is 6.95. The Morgan fingerprint density at radius 2 is 2.05 bits per heavy atom. The first-order valence-electron chi connectivity index (χ1n) is 8.07. The normalized spacial score (nSPS) is 29.3. The topological polar surface area (TPSA) is 41.5 Å². The van der Waals surface area contributed by atoms with Crippen LogP contribution in [0.5, 0.6) is 5.75 Å². The highest BCUT2D eigenvalue weighted by Crippen LogP contribution is 2.35. The van der Waals surface area contributed by atoms with Gasteiger partial charge in [0.1, 0.15) is 5.75 Å². The number of ether oxygens (including phenoxy) is 1. The number of rotatable bonds is 3. The molecule has 1 aromatic rings. The van der Waals surface area contributed by atoms with Gasteiger partial charge in [0, 0.05) is 28.7 Å². The third-order valence-electron chi connectivity index (χ3n) is 4.80. The second kappa shape index (κ2) is 7.12. The first-order valence-corrected chi connectivity index (χ1v) is 8.86. The molecule has 1 saturated carbocycles. The molecule has 1 aliphatic carbocycles. The number of fused-ring (bicyclic) bond motifs is 1. The summed E-state index contributed by atoms with van der Waals surface area (Å²) in [6.45, 7) is 1.09. The van der Waals surface area contributed by atoms with Gasteiger partial charge in [0.05, 0.1) is 6.61 Å². The van der Waals surface area contributed by atoms with Crippen LogP contribution in [-0.2, 0) is 0 Å². The van der Waals surface area contributed by atoms with Crippen LogP contribution in [0.1, 0.15) is 50.1 Å². The van der Waals surface area contributed by atoms with Crippen LogP contribution >= 0.6 is 15.9 Å². The predicted octanol–water partition coefficient (Wildman–Crippen LogP) is 3.80. The summed E-state index contributed by atoms with van der Waals surface area (Å²) >= 11 is 3.52. The van der Waals surface area contributed by atoms with Crippen molar-refractivity contribution in [3.8, 4) is 5.75 Å². The highest BCUT2D eigenvalue weighted by molar-refractivity contribution is 9.10. The molecule has 4 heteroatoms. The van der Waals surface area contributed by atoms with Crippen molar-refractivity contribution in [3.63, 3.8) is 0 Å². The maximum atomic E-state index is 9.61.